The smallest absolute Gasteiger partial charge is 0.244 e. The van der Waals surface area contributed by atoms with Crippen molar-refractivity contribution in [2.24, 2.45) is 0 Å². The number of nitrogens with zero attached hydrogens (tertiary/aromatic N) is 2. The normalized spacial score (nSPS) is 12.1. The maximum Gasteiger partial charge on any atom is 0.244 e. The third-order valence-corrected chi connectivity index (χ3v) is 6.69. The highest BCUT2D eigenvalue weighted by Crippen LogP contribution is 2.30. The second kappa shape index (κ2) is 11.6. The first kappa shape index (κ1) is 26.8. The molecule has 2 rings (SSSR count). The van der Waals surface area contributed by atoms with E-state index in [0.717, 1.165) is 16.1 Å². The van der Waals surface area contributed by atoms with Crippen LogP contribution in [0.2, 0.25) is 10.0 Å². The van der Waals surface area contributed by atoms with E-state index in [4.69, 9.17) is 27.9 Å². The Bertz CT molecular complexity index is 1090. The van der Waals surface area contributed by atoms with Crippen LogP contribution in [0.15, 0.2) is 42.5 Å². The molecule has 0 aliphatic carbocycles. The molecule has 0 saturated heterocycles. The van der Waals surface area contributed by atoms with E-state index in [1.807, 2.05) is 0 Å². The zero-order chi connectivity index (χ0) is 24.8. The number of carbonyl (C=O) groups is 2. The molecule has 180 valence electrons. The van der Waals surface area contributed by atoms with Crippen LogP contribution in [0.5, 0.6) is 5.75 Å². The fraction of sp³-hybridized carbons (Fsp3) is 0.364. The highest BCUT2D eigenvalue weighted by molar-refractivity contribution is 7.92. The molecule has 2 amide bonds. The van der Waals surface area contributed by atoms with Gasteiger partial charge in [0.15, 0.2) is 0 Å². The van der Waals surface area contributed by atoms with E-state index in [2.05, 4.69) is 5.32 Å². The van der Waals surface area contributed by atoms with Crippen molar-refractivity contribution in [1.82, 2.24) is 10.2 Å². The monoisotopic (exact) mass is 515 g/mol. The topological polar surface area (TPSA) is 96.0 Å². The van der Waals surface area contributed by atoms with Gasteiger partial charge >= 0.3 is 0 Å². The zero-order valence-electron chi connectivity index (χ0n) is 18.8. The molecule has 0 aromatic heterocycles. The summed E-state index contributed by atoms with van der Waals surface area (Å²) < 4.78 is 31.2. The quantitative estimate of drug-likeness (QED) is 0.523. The summed E-state index contributed by atoms with van der Waals surface area (Å²) in [5.41, 5.74) is 0.949. The molecule has 0 spiro atoms. The summed E-state index contributed by atoms with van der Waals surface area (Å²) in [5.74, 6) is -0.522. The Morgan fingerprint density at radius 1 is 1.12 bits per heavy atom. The number of likely N-dealkylation sites (N-methyl/N-ethyl adjacent to an activating group) is 1. The Labute approximate surface area is 204 Å². The molecule has 33 heavy (non-hydrogen) atoms. The second-order valence-corrected chi connectivity index (χ2v) is 10.0. The van der Waals surface area contributed by atoms with Crippen molar-refractivity contribution in [3.8, 4) is 5.75 Å². The van der Waals surface area contributed by atoms with Gasteiger partial charge in [-0.15, -0.1) is 0 Å². The summed E-state index contributed by atoms with van der Waals surface area (Å²) >= 11 is 12.1. The van der Waals surface area contributed by atoms with Gasteiger partial charge in [0.25, 0.3) is 0 Å². The Hall–Kier alpha value is -2.49. The SMILES string of the molecule is CC[C@@H](C(=O)NC)N(Cc1ccc(Cl)cc1)C(=O)CN(c1ccc(OC)c(Cl)c1)S(C)(=O)=O. The summed E-state index contributed by atoms with van der Waals surface area (Å²) in [7, 11) is -0.925. The number of hydrogen-bond acceptors (Lipinski definition) is 5. The van der Waals surface area contributed by atoms with Crippen LogP contribution < -0.4 is 14.4 Å². The summed E-state index contributed by atoms with van der Waals surface area (Å²) in [6.45, 7) is 1.37. The van der Waals surface area contributed by atoms with Crippen LogP contribution in [0.4, 0.5) is 5.69 Å². The number of halogens is 2. The average molecular weight is 516 g/mol. The van der Waals surface area contributed by atoms with Crippen LogP contribution >= 0.6 is 23.2 Å². The zero-order valence-corrected chi connectivity index (χ0v) is 21.2. The van der Waals surface area contributed by atoms with Gasteiger partial charge in [-0.1, -0.05) is 42.3 Å². The fourth-order valence-corrected chi connectivity index (χ4v) is 4.52. The van der Waals surface area contributed by atoms with E-state index in [9.17, 15) is 18.0 Å². The van der Waals surface area contributed by atoms with E-state index in [-0.39, 0.29) is 23.2 Å². The molecule has 1 N–H and O–H groups in total. The molecule has 11 heteroatoms. The van der Waals surface area contributed by atoms with Gasteiger partial charge in [0.2, 0.25) is 21.8 Å². The molecule has 0 saturated carbocycles. The molecule has 2 aromatic rings. The van der Waals surface area contributed by atoms with Crippen molar-refractivity contribution in [1.29, 1.82) is 0 Å². The summed E-state index contributed by atoms with van der Waals surface area (Å²) in [4.78, 5) is 27.3. The van der Waals surface area contributed by atoms with E-state index in [0.29, 0.717) is 17.2 Å². The molecule has 1 atom stereocenters. The second-order valence-electron chi connectivity index (χ2n) is 7.27. The van der Waals surface area contributed by atoms with Gasteiger partial charge in [-0.3, -0.25) is 13.9 Å². The molecule has 2 aromatic carbocycles. The first-order valence-corrected chi connectivity index (χ1v) is 12.7. The van der Waals surface area contributed by atoms with Gasteiger partial charge in [-0.2, -0.15) is 0 Å². The molecule has 0 aliphatic heterocycles. The molecule has 0 fully saturated rings. The lowest BCUT2D eigenvalue weighted by atomic mass is 10.1. The van der Waals surface area contributed by atoms with E-state index >= 15 is 0 Å². The van der Waals surface area contributed by atoms with E-state index in [1.165, 1.54) is 37.3 Å². The minimum Gasteiger partial charge on any atom is -0.495 e. The van der Waals surface area contributed by atoms with Gasteiger partial charge < -0.3 is 15.0 Å². The lowest BCUT2D eigenvalue weighted by molar-refractivity contribution is -0.140. The Morgan fingerprint density at radius 2 is 1.76 bits per heavy atom. The number of nitrogens with one attached hydrogen (secondary N) is 1. The maximum absolute atomic E-state index is 13.4. The molecular formula is C22H27Cl2N3O5S. The minimum atomic E-state index is -3.85. The van der Waals surface area contributed by atoms with Crippen LogP contribution in [0.3, 0.4) is 0 Å². The summed E-state index contributed by atoms with van der Waals surface area (Å²) in [5, 5.41) is 3.30. The standard InChI is InChI=1S/C22H27Cl2N3O5S/c1-5-19(22(29)25-2)26(13-15-6-8-16(23)9-7-15)21(28)14-27(33(4,30)31)17-10-11-20(32-3)18(24)12-17/h6-12,19H,5,13-14H2,1-4H3,(H,25,29)/t19-/m0/s1. The predicted octanol–water partition coefficient (Wildman–Crippen LogP) is 3.32. The number of sulfonamides is 1. The molecule has 8 nitrogen and oxygen atoms in total. The van der Waals surface area contributed by atoms with Gasteiger partial charge in [-0.05, 0) is 42.3 Å². The minimum absolute atomic E-state index is 0.100. The van der Waals surface area contributed by atoms with Crippen LogP contribution in [0, 0.1) is 0 Å². The van der Waals surface area contributed by atoms with Crippen molar-refractivity contribution in [2.45, 2.75) is 25.9 Å². The summed E-state index contributed by atoms with van der Waals surface area (Å²) in [6.07, 6.45) is 1.34. The first-order chi connectivity index (χ1) is 15.5. The number of methoxy groups -OCH3 is 1. The van der Waals surface area contributed by atoms with Gasteiger partial charge in [-0.25, -0.2) is 8.42 Å². The molecule has 0 unspecified atom stereocenters. The Kier molecular flexibility index (Phi) is 9.39. The number of amides is 2. The first-order valence-electron chi connectivity index (χ1n) is 10.1. The largest absolute Gasteiger partial charge is 0.495 e. The fourth-order valence-electron chi connectivity index (χ4n) is 3.30. The highest BCUT2D eigenvalue weighted by Gasteiger charge is 2.31. The molecule has 0 heterocycles. The summed E-state index contributed by atoms with van der Waals surface area (Å²) in [6, 6.07) is 10.5. The third-order valence-electron chi connectivity index (χ3n) is 5.00. The molecule has 0 aliphatic rings. The number of carbonyl (C=O) groups excluding carboxylic acids is 2. The predicted molar refractivity (Wildman–Crippen MR) is 130 cm³/mol. The van der Waals surface area contributed by atoms with E-state index in [1.54, 1.807) is 31.2 Å². The number of ether oxygens (including phenoxy) is 1. The lowest BCUT2D eigenvalue weighted by Crippen LogP contribution is -2.51. The van der Waals surface area contributed by atoms with Crippen molar-refractivity contribution >= 4 is 50.7 Å². The van der Waals surface area contributed by atoms with Crippen molar-refractivity contribution in [3.63, 3.8) is 0 Å². The number of benzene rings is 2. The molecule has 0 radical (unpaired) electrons. The Balaban J connectivity index is 2.44. The number of anilines is 1. The van der Waals surface area contributed by atoms with Crippen LogP contribution in [0.1, 0.15) is 18.9 Å². The van der Waals surface area contributed by atoms with E-state index < -0.39 is 28.5 Å². The van der Waals surface area contributed by atoms with Crippen LogP contribution in [-0.2, 0) is 26.2 Å². The lowest BCUT2D eigenvalue weighted by Gasteiger charge is -2.32. The maximum atomic E-state index is 13.4. The van der Waals surface area contributed by atoms with Crippen molar-refractivity contribution < 1.29 is 22.7 Å². The van der Waals surface area contributed by atoms with Gasteiger partial charge in [0.05, 0.1) is 24.1 Å². The van der Waals surface area contributed by atoms with Crippen molar-refractivity contribution in [3.05, 3.63) is 58.1 Å². The van der Waals surface area contributed by atoms with Crippen LogP contribution in [-0.4, -0.2) is 58.1 Å². The molecule has 0 bridgehead atoms. The Morgan fingerprint density at radius 3 is 2.24 bits per heavy atom. The van der Waals surface area contributed by atoms with Crippen molar-refractivity contribution in [2.75, 3.05) is 31.3 Å². The highest BCUT2D eigenvalue weighted by atomic mass is 35.5. The number of rotatable bonds is 10. The van der Waals surface area contributed by atoms with Gasteiger partial charge in [0, 0.05) is 18.6 Å². The average Bonchev–Trinajstić information content (AvgIpc) is 2.77. The van der Waals surface area contributed by atoms with Gasteiger partial charge in [0.1, 0.15) is 18.3 Å². The molecular weight excluding hydrogens is 489 g/mol. The van der Waals surface area contributed by atoms with Crippen LogP contribution in [0.25, 0.3) is 0 Å². The third kappa shape index (κ3) is 6.99. The number of hydrogen-bond donors (Lipinski definition) is 1.